The Bertz CT molecular complexity index is 6.00. The van der Waals surface area contributed by atoms with Gasteiger partial charge in [0.1, 0.15) is 0 Å². The van der Waals surface area contributed by atoms with Gasteiger partial charge in [-0.05, 0) is 0 Å². The van der Waals surface area contributed by atoms with E-state index in [9.17, 15) is 0 Å². The summed E-state index contributed by atoms with van der Waals surface area (Å²) in [7, 11) is 0. The van der Waals surface area contributed by atoms with E-state index in [0.717, 1.165) is 0 Å². The molecule has 0 aliphatic carbocycles. The van der Waals surface area contributed by atoms with Crippen LogP contribution in [0.25, 0.3) is 0 Å². The molecule has 0 amide bonds. The first kappa shape index (κ1) is 74.6. The van der Waals surface area contributed by atoms with Crippen LogP contribution in [0.2, 0.25) is 0 Å². The third-order valence-corrected chi connectivity index (χ3v) is 0. The number of rotatable bonds is 0. The first-order valence-corrected chi connectivity index (χ1v) is 0. The predicted octanol–water partition coefficient (Wildman–Crippen LogP) is 0.942. The van der Waals surface area contributed by atoms with Crippen LogP contribution in [0.1, 0.15) is 0 Å². The normalized spacial score (nSPS) is 0. The summed E-state index contributed by atoms with van der Waals surface area (Å²) in [6.45, 7) is 0. The molecule has 0 radical (unpaired) electrons. The van der Waals surface area contributed by atoms with Crippen molar-refractivity contribution in [2.75, 3.05) is 0 Å². The molecule has 0 aromatic carbocycles. The minimum absolute atomic E-state index is 0. The molecular formula is C2H7ClMg. The van der Waals surface area contributed by atoms with Gasteiger partial charge in [0.25, 0.3) is 0 Å². The zero-order valence-corrected chi connectivity index (χ0v) is 5.35. The van der Waals surface area contributed by atoms with E-state index in [1.165, 1.54) is 0 Å². The molecule has 0 aromatic heterocycles. The molecule has 0 saturated carbocycles. The second-order valence-electron chi connectivity index (χ2n) is 0. The Kier molecular flexibility index (Phi) is 633. The molecule has 2 heteroatoms. The standard InChI is InChI=1S/2CH3.ClH.Mg/h2*1H3;1H;/q2*-1;;+2. The summed E-state index contributed by atoms with van der Waals surface area (Å²) in [6.07, 6.45) is 0. The van der Waals surface area contributed by atoms with Crippen molar-refractivity contribution in [1.29, 1.82) is 0 Å². The van der Waals surface area contributed by atoms with Crippen molar-refractivity contribution in [2.24, 2.45) is 0 Å². The molecule has 24 valence electrons. The molecule has 0 nitrogen and oxygen atoms in total. The third kappa shape index (κ3) is 11.6. The summed E-state index contributed by atoms with van der Waals surface area (Å²) in [5.74, 6) is 0. The van der Waals surface area contributed by atoms with Crippen LogP contribution >= 0.6 is 12.4 Å². The smallest absolute Gasteiger partial charge is 0.358 e. The maximum absolute atomic E-state index is 0. The molecule has 0 saturated heterocycles. The van der Waals surface area contributed by atoms with E-state index in [1.54, 1.807) is 0 Å². The van der Waals surface area contributed by atoms with E-state index < -0.39 is 0 Å². The van der Waals surface area contributed by atoms with E-state index in [1.807, 2.05) is 0 Å². The maximum Gasteiger partial charge on any atom is 2.00 e. The Balaban J connectivity index is 0. The molecule has 0 atom stereocenters. The van der Waals surface area contributed by atoms with E-state index in [0.29, 0.717) is 0 Å². The Morgan fingerprint density at radius 2 is 0.750 bits per heavy atom. The zero-order valence-electron chi connectivity index (χ0n) is 3.12. The molecule has 0 bridgehead atoms. The third-order valence-electron chi connectivity index (χ3n) is 0. The van der Waals surface area contributed by atoms with Gasteiger partial charge in [0, 0.05) is 0 Å². The van der Waals surface area contributed by atoms with Crippen molar-refractivity contribution in [1.82, 2.24) is 0 Å². The molecule has 4 heavy (non-hydrogen) atoms. The van der Waals surface area contributed by atoms with Crippen LogP contribution in [0.4, 0.5) is 0 Å². The zero-order chi connectivity index (χ0) is 0. The molecular weight excluding hydrogens is 83.8 g/mol. The number of halogens is 1. The van der Waals surface area contributed by atoms with Crippen LogP contribution in [0, 0.1) is 14.9 Å². The average Bonchev–Trinajstić information content (AvgIpc) is 0. The molecule has 0 fully saturated rings. The molecule has 0 heterocycles. The van der Waals surface area contributed by atoms with Gasteiger partial charge in [0.2, 0.25) is 0 Å². The summed E-state index contributed by atoms with van der Waals surface area (Å²) in [5.41, 5.74) is 0. The number of hydrogen-bond acceptors (Lipinski definition) is 0. The molecule has 0 aliphatic rings. The predicted molar refractivity (Wildman–Crippen MR) is 25.8 cm³/mol. The summed E-state index contributed by atoms with van der Waals surface area (Å²) in [5, 5.41) is 0. The van der Waals surface area contributed by atoms with Gasteiger partial charge in [-0.15, -0.1) is 12.4 Å². The van der Waals surface area contributed by atoms with Crippen LogP contribution in [0.3, 0.4) is 0 Å². The second-order valence-corrected chi connectivity index (χ2v) is 0. The van der Waals surface area contributed by atoms with Crippen LogP contribution < -0.4 is 0 Å². The average molecular weight is 90.8 g/mol. The molecule has 0 spiro atoms. The van der Waals surface area contributed by atoms with Crippen molar-refractivity contribution in [3.05, 3.63) is 14.9 Å². The van der Waals surface area contributed by atoms with Gasteiger partial charge < -0.3 is 14.9 Å². The summed E-state index contributed by atoms with van der Waals surface area (Å²) in [4.78, 5) is 0. The van der Waals surface area contributed by atoms with Crippen LogP contribution in [-0.2, 0) is 0 Å². The largest absolute Gasteiger partial charge is 2.00 e. The first-order chi connectivity index (χ1) is 0. The van der Waals surface area contributed by atoms with Gasteiger partial charge in [-0.3, -0.25) is 0 Å². The topological polar surface area (TPSA) is 0 Å². The van der Waals surface area contributed by atoms with E-state index >= 15 is 0 Å². The fourth-order valence-electron chi connectivity index (χ4n) is 0. The Morgan fingerprint density at radius 3 is 0.750 bits per heavy atom. The van der Waals surface area contributed by atoms with Crippen molar-refractivity contribution in [3.8, 4) is 0 Å². The molecule has 0 rings (SSSR count). The van der Waals surface area contributed by atoms with Crippen molar-refractivity contribution >= 4 is 35.5 Å². The van der Waals surface area contributed by atoms with Gasteiger partial charge in [0.05, 0.1) is 0 Å². The summed E-state index contributed by atoms with van der Waals surface area (Å²) >= 11 is 0. The monoisotopic (exact) mass is 90.0 g/mol. The first-order valence-electron chi connectivity index (χ1n) is 0. The van der Waals surface area contributed by atoms with E-state index in [-0.39, 0.29) is 50.3 Å². The van der Waals surface area contributed by atoms with E-state index in [4.69, 9.17) is 0 Å². The van der Waals surface area contributed by atoms with Gasteiger partial charge in [-0.2, -0.15) is 0 Å². The molecule has 0 N–H and O–H groups in total. The minimum atomic E-state index is 0. The molecule has 0 aromatic rings. The second kappa shape index (κ2) is 34.0. The summed E-state index contributed by atoms with van der Waals surface area (Å²) in [6, 6.07) is 0. The fraction of sp³-hybridized carbons (Fsp3) is 0. The van der Waals surface area contributed by atoms with Gasteiger partial charge >= 0.3 is 23.1 Å². The van der Waals surface area contributed by atoms with Crippen molar-refractivity contribution in [2.45, 2.75) is 0 Å². The molecule has 0 unspecified atom stereocenters. The van der Waals surface area contributed by atoms with Gasteiger partial charge in [-0.1, -0.05) is 0 Å². The molecule has 0 aliphatic heterocycles. The minimum Gasteiger partial charge on any atom is -0.358 e. The quantitative estimate of drug-likeness (QED) is 0.307. The van der Waals surface area contributed by atoms with Gasteiger partial charge in [-0.25, -0.2) is 0 Å². The fourth-order valence-corrected chi connectivity index (χ4v) is 0. The number of hydrogen-bond donors (Lipinski definition) is 0. The van der Waals surface area contributed by atoms with Crippen LogP contribution in [0.5, 0.6) is 0 Å². The van der Waals surface area contributed by atoms with Crippen molar-refractivity contribution in [3.63, 3.8) is 0 Å². The summed E-state index contributed by atoms with van der Waals surface area (Å²) < 4.78 is 0. The van der Waals surface area contributed by atoms with E-state index in [2.05, 4.69) is 0 Å². The Morgan fingerprint density at radius 1 is 0.750 bits per heavy atom. The SMILES string of the molecule is Cl.[CH3-].[CH3-].[Mg+2]. The Labute approximate surface area is 50.5 Å². The van der Waals surface area contributed by atoms with Crippen LogP contribution in [-0.4, -0.2) is 23.1 Å². The maximum atomic E-state index is 0. The van der Waals surface area contributed by atoms with Crippen molar-refractivity contribution < 1.29 is 0 Å². The Hall–Kier alpha value is 1.06. The van der Waals surface area contributed by atoms with Gasteiger partial charge in [0.15, 0.2) is 0 Å². The van der Waals surface area contributed by atoms with Crippen LogP contribution in [0.15, 0.2) is 0 Å².